The van der Waals surface area contributed by atoms with Crippen LogP contribution in [0.25, 0.3) is 0 Å². The van der Waals surface area contributed by atoms with Gasteiger partial charge in [0.25, 0.3) is 11.5 Å². The Bertz CT molecular complexity index is 1290. The summed E-state index contributed by atoms with van der Waals surface area (Å²) in [5.41, 5.74) is 9.27. The number of halogens is 2. The van der Waals surface area contributed by atoms with Gasteiger partial charge in [0.2, 0.25) is 0 Å². The van der Waals surface area contributed by atoms with Crippen LogP contribution in [0.1, 0.15) is 39.7 Å². The van der Waals surface area contributed by atoms with Crippen LogP contribution in [0.3, 0.4) is 0 Å². The molecule has 7 nitrogen and oxygen atoms in total. The molecule has 0 saturated heterocycles. The first-order valence-electron chi connectivity index (χ1n) is 9.18. The number of aromatic nitrogens is 2. The molecule has 0 aliphatic carbocycles. The van der Waals surface area contributed by atoms with Crippen molar-refractivity contribution in [3.8, 4) is 0 Å². The number of nitrogens with one attached hydrogen (secondary N) is 2. The van der Waals surface area contributed by atoms with Crippen molar-refractivity contribution in [3.05, 3.63) is 79.9 Å². The van der Waals surface area contributed by atoms with E-state index in [0.29, 0.717) is 28.6 Å². The molecule has 4 heterocycles. The molecule has 0 radical (unpaired) electrons. The van der Waals surface area contributed by atoms with Crippen LogP contribution >= 0.6 is 24.0 Å². The fraction of sp³-hybridized carbons (Fsp3) is 0.190. The molecule has 5 rings (SSSR count). The molecule has 4 N–H and O–H groups in total. The number of hydrogen-bond acceptors (Lipinski definition) is 5. The van der Waals surface area contributed by atoms with Gasteiger partial charge in [-0.15, -0.1) is 12.4 Å². The Balaban J connectivity index is 0.00000218. The van der Waals surface area contributed by atoms with Crippen LogP contribution in [0.5, 0.6) is 0 Å². The molecular weight excluding hydrogens is 425 g/mol. The van der Waals surface area contributed by atoms with E-state index in [1.54, 1.807) is 37.4 Å². The van der Waals surface area contributed by atoms with Crippen LogP contribution < -0.4 is 21.9 Å². The van der Waals surface area contributed by atoms with E-state index in [9.17, 15) is 9.59 Å². The molecule has 1 atom stereocenters. The number of amides is 1. The van der Waals surface area contributed by atoms with Gasteiger partial charge in [0.1, 0.15) is 22.9 Å². The Kier molecular flexibility index (Phi) is 4.56. The molecule has 1 amide bonds. The lowest BCUT2D eigenvalue weighted by Crippen LogP contribution is -2.46. The number of nitrogens with zero attached hydrogens (tertiary/aromatic N) is 2. The molecule has 2 aliphatic rings. The van der Waals surface area contributed by atoms with Crippen molar-refractivity contribution in [2.75, 3.05) is 11.1 Å². The summed E-state index contributed by atoms with van der Waals surface area (Å²) >= 11 is 6.18. The van der Waals surface area contributed by atoms with Crippen LogP contribution in [0.4, 0.5) is 17.2 Å². The Morgan fingerprint density at radius 1 is 1.27 bits per heavy atom. The summed E-state index contributed by atoms with van der Waals surface area (Å²) in [5, 5.41) is 6.73. The predicted molar refractivity (Wildman–Crippen MR) is 119 cm³/mol. The Morgan fingerprint density at radius 2 is 2.03 bits per heavy atom. The van der Waals surface area contributed by atoms with Gasteiger partial charge in [0, 0.05) is 29.4 Å². The lowest BCUT2D eigenvalue weighted by Gasteiger charge is -2.30. The minimum Gasteiger partial charge on any atom is -0.384 e. The zero-order chi connectivity index (χ0) is 20.5. The molecule has 0 fully saturated rings. The summed E-state index contributed by atoms with van der Waals surface area (Å²) in [6.45, 7) is 3.67. The van der Waals surface area contributed by atoms with Gasteiger partial charge >= 0.3 is 0 Å². The first-order valence-corrected chi connectivity index (χ1v) is 9.56. The van der Waals surface area contributed by atoms with Gasteiger partial charge in [-0.05, 0) is 48.2 Å². The molecule has 2 aromatic heterocycles. The first-order chi connectivity index (χ1) is 13.8. The predicted octanol–water partition coefficient (Wildman–Crippen LogP) is 3.32. The van der Waals surface area contributed by atoms with Crippen molar-refractivity contribution in [1.29, 1.82) is 0 Å². The number of anilines is 3. The smallest absolute Gasteiger partial charge is 0.277 e. The average Bonchev–Trinajstić information content (AvgIpc) is 2.97. The molecule has 0 bridgehead atoms. The van der Waals surface area contributed by atoms with Crippen molar-refractivity contribution >= 4 is 47.1 Å². The van der Waals surface area contributed by atoms with E-state index < -0.39 is 5.66 Å². The number of fused-ring (bicyclic) bond motifs is 3. The summed E-state index contributed by atoms with van der Waals surface area (Å²) < 4.78 is 1.53. The zero-order valence-electron chi connectivity index (χ0n) is 16.2. The minimum absolute atomic E-state index is 0. The zero-order valence-corrected chi connectivity index (χ0v) is 17.8. The Labute approximate surface area is 183 Å². The van der Waals surface area contributed by atoms with Crippen molar-refractivity contribution in [1.82, 2.24) is 14.9 Å². The van der Waals surface area contributed by atoms with Gasteiger partial charge in [0.15, 0.2) is 0 Å². The van der Waals surface area contributed by atoms with Gasteiger partial charge in [-0.3, -0.25) is 14.2 Å². The van der Waals surface area contributed by atoms with Gasteiger partial charge < -0.3 is 16.4 Å². The summed E-state index contributed by atoms with van der Waals surface area (Å²) in [6, 6.07) is 8.87. The molecule has 154 valence electrons. The lowest BCUT2D eigenvalue weighted by molar-refractivity contribution is 0.0941. The maximum Gasteiger partial charge on any atom is 0.277 e. The Hall–Kier alpha value is -3.03. The standard InChI is InChI=1S/C21H18ClN5O2.ClH/c1-10-14-6-11-9-24-16(23)8-15(11)25-17(14)20(29)27-18(10)19(28)26-21(27,2)12-4-3-5-13(22)7-12;/h3-5,7-9,25H,6H2,1-2H3,(H2,23,24)(H,26,28);1H. The number of carbonyl (C=O) groups is 1. The number of benzene rings is 1. The quantitative estimate of drug-likeness (QED) is 0.418. The van der Waals surface area contributed by atoms with E-state index >= 15 is 0 Å². The molecule has 2 aliphatic heterocycles. The van der Waals surface area contributed by atoms with E-state index in [-0.39, 0.29) is 23.9 Å². The number of rotatable bonds is 1. The summed E-state index contributed by atoms with van der Waals surface area (Å²) in [5.74, 6) is 0.0874. The fourth-order valence-electron chi connectivity index (χ4n) is 4.30. The third kappa shape index (κ3) is 2.69. The molecular formula is C21H19Cl2N5O2. The van der Waals surface area contributed by atoms with Crippen LogP contribution in [0.2, 0.25) is 5.02 Å². The highest BCUT2D eigenvalue weighted by Crippen LogP contribution is 2.38. The molecule has 3 aromatic rings. The topological polar surface area (TPSA) is 102 Å². The monoisotopic (exact) mass is 443 g/mol. The lowest BCUT2D eigenvalue weighted by atomic mass is 9.94. The van der Waals surface area contributed by atoms with Gasteiger partial charge in [-0.2, -0.15) is 0 Å². The highest BCUT2D eigenvalue weighted by molar-refractivity contribution is 6.30. The van der Waals surface area contributed by atoms with Crippen molar-refractivity contribution in [2.24, 2.45) is 0 Å². The molecule has 9 heteroatoms. The normalized spacial score (nSPS) is 18.4. The van der Waals surface area contributed by atoms with E-state index in [1.165, 1.54) is 4.57 Å². The van der Waals surface area contributed by atoms with E-state index in [1.807, 2.05) is 13.0 Å². The summed E-state index contributed by atoms with van der Waals surface area (Å²) in [6.07, 6.45) is 2.20. The number of hydrogen-bond donors (Lipinski definition) is 3. The second-order valence-electron chi connectivity index (χ2n) is 7.57. The average molecular weight is 444 g/mol. The van der Waals surface area contributed by atoms with Crippen LogP contribution in [0.15, 0.2) is 41.3 Å². The maximum atomic E-state index is 13.6. The second kappa shape index (κ2) is 6.75. The highest BCUT2D eigenvalue weighted by atomic mass is 35.5. The van der Waals surface area contributed by atoms with Crippen molar-refractivity contribution < 1.29 is 4.79 Å². The SMILES string of the molecule is Cc1c2c(c(=O)n3c1C(=O)NC3(C)c1cccc(Cl)c1)Nc1cc(N)ncc1C2.Cl. The number of carbonyl (C=O) groups excluding carboxylic acids is 1. The van der Waals surface area contributed by atoms with Crippen LogP contribution in [-0.4, -0.2) is 15.5 Å². The maximum absolute atomic E-state index is 13.6. The fourth-order valence-corrected chi connectivity index (χ4v) is 4.49. The number of nitrogens with two attached hydrogens (primary N) is 1. The minimum atomic E-state index is -1.05. The molecule has 0 saturated carbocycles. The first kappa shape index (κ1) is 20.3. The summed E-state index contributed by atoms with van der Waals surface area (Å²) in [7, 11) is 0. The number of pyridine rings is 2. The van der Waals surface area contributed by atoms with Crippen molar-refractivity contribution in [2.45, 2.75) is 25.9 Å². The van der Waals surface area contributed by atoms with Gasteiger partial charge in [-0.25, -0.2) is 4.98 Å². The molecule has 30 heavy (non-hydrogen) atoms. The molecule has 0 spiro atoms. The van der Waals surface area contributed by atoms with Crippen molar-refractivity contribution in [3.63, 3.8) is 0 Å². The Morgan fingerprint density at radius 3 is 2.77 bits per heavy atom. The highest BCUT2D eigenvalue weighted by Gasteiger charge is 2.44. The van der Waals surface area contributed by atoms with E-state index in [2.05, 4.69) is 15.6 Å². The van der Waals surface area contributed by atoms with E-state index in [0.717, 1.165) is 27.9 Å². The third-order valence-electron chi connectivity index (χ3n) is 5.79. The third-order valence-corrected chi connectivity index (χ3v) is 6.03. The number of nitrogen functional groups attached to an aromatic ring is 1. The van der Waals surface area contributed by atoms with Gasteiger partial charge in [-0.1, -0.05) is 23.7 Å². The largest absolute Gasteiger partial charge is 0.384 e. The van der Waals surface area contributed by atoms with E-state index in [4.69, 9.17) is 17.3 Å². The van der Waals surface area contributed by atoms with Crippen LogP contribution in [0, 0.1) is 6.92 Å². The molecule has 1 aromatic carbocycles. The molecule has 1 unspecified atom stereocenters. The summed E-state index contributed by atoms with van der Waals surface area (Å²) in [4.78, 5) is 30.7. The van der Waals surface area contributed by atoms with Gasteiger partial charge in [0.05, 0.1) is 0 Å². The van der Waals surface area contributed by atoms with Crippen LogP contribution in [-0.2, 0) is 12.1 Å². The second-order valence-corrected chi connectivity index (χ2v) is 8.01.